The number of benzene rings is 1. The molecule has 3 nitrogen and oxygen atoms in total. The zero-order valence-corrected chi connectivity index (χ0v) is 9.58. The maximum atomic E-state index is 12.0. The number of fused-ring (bicyclic) bond motifs is 1. The topological polar surface area (TPSA) is 38.3 Å². The Balaban J connectivity index is 2.09. The first-order chi connectivity index (χ1) is 7.83. The van der Waals surface area contributed by atoms with Crippen LogP contribution in [-0.2, 0) is 6.42 Å². The van der Waals surface area contributed by atoms with Crippen molar-refractivity contribution in [1.29, 1.82) is 0 Å². The van der Waals surface area contributed by atoms with Crippen molar-refractivity contribution >= 4 is 5.78 Å². The number of ether oxygens (including phenoxy) is 1. The van der Waals surface area contributed by atoms with Crippen LogP contribution in [0, 0.1) is 0 Å². The van der Waals surface area contributed by atoms with Gasteiger partial charge >= 0.3 is 0 Å². The Labute approximate surface area is 95.8 Å². The van der Waals surface area contributed by atoms with E-state index in [1.165, 1.54) is 0 Å². The second-order valence-corrected chi connectivity index (χ2v) is 3.92. The molecule has 0 radical (unpaired) electrons. The zero-order chi connectivity index (χ0) is 11.4. The molecule has 0 aromatic heterocycles. The predicted molar refractivity (Wildman–Crippen MR) is 63.1 cm³/mol. The van der Waals surface area contributed by atoms with Gasteiger partial charge in [0.05, 0.1) is 12.2 Å². The minimum Gasteiger partial charge on any atom is -0.492 e. The van der Waals surface area contributed by atoms with E-state index >= 15 is 0 Å². The molecule has 0 bridgehead atoms. The number of carbonyl (C=O) groups excluding carboxylic acids is 1. The predicted octanol–water partition coefficient (Wildman–Crippen LogP) is 1.80. The van der Waals surface area contributed by atoms with Crippen molar-refractivity contribution in [3.8, 4) is 5.75 Å². The van der Waals surface area contributed by atoms with Crippen molar-refractivity contribution in [3.63, 3.8) is 0 Å². The van der Waals surface area contributed by atoms with E-state index in [1.54, 1.807) is 0 Å². The lowest BCUT2D eigenvalue weighted by atomic mass is 10.0. The molecule has 0 saturated heterocycles. The molecular formula is C13H17NO2. The molecule has 0 amide bonds. The van der Waals surface area contributed by atoms with Gasteiger partial charge in [0, 0.05) is 19.4 Å². The minimum atomic E-state index is 0.166. The average Bonchev–Trinajstić information content (AvgIpc) is 2.76. The van der Waals surface area contributed by atoms with E-state index < -0.39 is 0 Å². The molecule has 1 heterocycles. The van der Waals surface area contributed by atoms with Gasteiger partial charge in [-0.1, -0.05) is 19.1 Å². The van der Waals surface area contributed by atoms with Crippen molar-refractivity contribution in [2.24, 2.45) is 0 Å². The van der Waals surface area contributed by atoms with Crippen molar-refractivity contribution in [3.05, 3.63) is 29.3 Å². The number of hydrogen-bond donors (Lipinski definition) is 1. The Morgan fingerprint density at radius 3 is 3.19 bits per heavy atom. The maximum Gasteiger partial charge on any atom is 0.167 e. The molecule has 0 saturated carbocycles. The van der Waals surface area contributed by atoms with Crippen LogP contribution < -0.4 is 10.1 Å². The van der Waals surface area contributed by atoms with E-state index in [0.717, 1.165) is 36.4 Å². The molecule has 0 fully saturated rings. The third-order valence-corrected chi connectivity index (χ3v) is 2.79. The van der Waals surface area contributed by atoms with Gasteiger partial charge in [-0.15, -0.1) is 0 Å². The lowest BCUT2D eigenvalue weighted by Crippen LogP contribution is -2.17. The summed E-state index contributed by atoms with van der Waals surface area (Å²) in [6.07, 6.45) is 1.46. The fraction of sp³-hybridized carbons (Fsp3) is 0.462. The highest BCUT2D eigenvalue weighted by atomic mass is 16.5. The monoisotopic (exact) mass is 219 g/mol. The summed E-state index contributed by atoms with van der Waals surface area (Å²) in [6, 6.07) is 5.83. The van der Waals surface area contributed by atoms with Gasteiger partial charge < -0.3 is 10.1 Å². The van der Waals surface area contributed by atoms with Crippen molar-refractivity contribution < 1.29 is 9.53 Å². The van der Waals surface area contributed by atoms with Crippen LogP contribution >= 0.6 is 0 Å². The molecule has 3 heteroatoms. The fourth-order valence-electron chi connectivity index (χ4n) is 1.95. The van der Waals surface area contributed by atoms with Crippen molar-refractivity contribution in [1.82, 2.24) is 5.32 Å². The smallest absolute Gasteiger partial charge is 0.167 e. The summed E-state index contributed by atoms with van der Waals surface area (Å²) in [4.78, 5) is 12.0. The number of rotatable bonds is 5. The summed E-state index contributed by atoms with van der Waals surface area (Å²) in [5.41, 5.74) is 1.90. The summed E-state index contributed by atoms with van der Waals surface area (Å²) in [7, 11) is 0. The molecule has 86 valence electrons. The number of Topliss-reactive ketones (excluding diaryl/α,β-unsaturated/α-hetero) is 1. The van der Waals surface area contributed by atoms with Gasteiger partial charge in [0.1, 0.15) is 5.75 Å². The number of nitrogens with one attached hydrogen (secondary N) is 1. The Bertz CT molecular complexity index is 388. The summed E-state index contributed by atoms with van der Waals surface area (Å²) in [5, 5.41) is 3.15. The van der Waals surface area contributed by atoms with E-state index in [9.17, 15) is 4.79 Å². The second-order valence-electron chi connectivity index (χ2n) is 3.92. The molecular weight excluding hydrogens is 202 g/mol. The van der Waals surface area contributed by atoms with Crippen LogP contribution in [0.3, 0.4) is 0 Å². The zero-order valence-electron chi connectivity index (χ0n) is 9.58. The standard InChI is InChI=1S/C13H17NO2/c1-2-14-8-6-12(15)11-5-3-4-10-7-9-16-13(10)11/h3-5,14H,2,6-9H2,1H3. The lowest BCUT2D eigenvalue weighted by molar-refractivity contribution is 0.0979. The van der Waals surface area contributed by atoms with Crippen molar-refractivity contribution in [2.45, 2.75) is 19.8 Å². The Hall–Kier alpha value is -1.35. The van der Waals surface area contributed by atoms with Gasteiger partial charge in [-0.3, -0.25) is 4.79 Å². The lowest BCUT2D eigenvalue weighted by Gasteiger charge is -2.07. The van der Waals surface area contributed by atoms with E-state index in [2.05, 4.69) is 5.32 Å². The SMILES string of the molecule is CCNCCC(=O)c1cccc2c1OCC2. The molecule has 0 spiro atoms. The van der Waals surface area contributed by atoms with Gasteiger partial charge in [0.2, 0.25) is 0 Å². The maximum absolute atomic E-state index is 12.0. The van der Waals surface area contributed by atoms with E-state index in [0.29, 0.717) is 13.0 Å². The molecule has 1 aliphatic heterocycles. The summed E-state index contributed by atoms with van der Waals surface area (Å²) < 4.78 is 5.52. The summed E-state index contributed by atoms with van der Waals surface area (Å²) >= 11 is 0. The van der Waals surface area contributed by atoms with Crippen LogP contribution in [0.1, 0.15) is 29.3 Å². The van der Waals surface area contributed by atoms with Crippen LogP contribution in [0.5, 0.6) is 5.75 Å². The van der Waals surface area contributed by atoms with Crippen LogP contribution in [0.4, 0.5) is 0 Å². The average molecular weight is 219 g/mol. The number of ketones is 1. The van der Waals surface area contributed by atoms with Gasteiger partial charge in [-0.2, -0.15) is 0 Å². The largest absolute Gasteiger partial charge is 0.492 e. The van der Waals surface area contributed by atoms with E-state index in [1.807, 2.05) is 25.1 Å². The molecule has 1 N–H and O–H groups in total. The highest BCUT2D eigenvalue weighted by Gasteiger charge is 2.19. The first-order valence-electron chi connectivity index (χ1n) is 5.81. The number of para-hydroxylation sites is 1. The second kappa shape index (κ2) is 5.12. The Kier molecular flexibility index (Phi) is 3.57. The first kappa shape index (κ1) is 11.1. The molecule has 1 aromatic carbocycles. The van der Waals surface area contributed by atoms with Crippen LogP contribution in [0.15, 0.2) is 18.2 Å². The number of hydrogen-bond acceptors (Lipinski definition) is 3. The quantitative estimate of drug-likeness (QED) is 0.606. The third kappa shape index (κ3) is 2.25. The highest BCUT2D eigenvalue weighted by molar-refractivity contribution is 5.99. The van der Waals surface area contributed by atoms with Crippen LogP contribution in [-0.4, -0.2) is 25.5 Å². The van der Waals surface area contributed by atoms with Gasteiger partial charge in [0.25, 0.3) is 0 Å². The molecule has 1 aliphatic rings. The minimum absolute atomic E-state index is 0.166. The molecule has 2 rings (SSSR count). The van der Waals surface area contributed by atoms with Gasteiger partial charge in [0.15, 0.2) is 5.78 Å². The van der Waals surface area contributed by atoms with Gasteiger partial charge in [-0.25, -0.2) is 0 Å². The molecule has 16 heavy (non-hydrogen) atoms. The first-order valence-corrected chi connectivity index (χ1v) is 5.81. The van der Waals surface area contributed by atoms with Gasteiger partial charge in [-0.05, 0) is 18.2 Å². The number of carbonyl (C=O) groups is 1. The third-order valence-electron chi connectivity index (χ3n) is 2.79. The highest BCUT2D eigenvalue weighted by Crippen LogP contribution is 2.29. The molecule has 0 unspecified atom stereocenters. The molecule has 0 aliphatic carbocycles. The van der Waals surface area contributed by atoms with Crippen LogP contribution in [0.2, 0.25) is 0 Å². The summed E-state index contributed by atoms with van der Waals surface area (Å²) in [6.45, 7) is 4.37. The van der Waals surface area contributed by atoms with E-state index in [4.69, 9.17) is 4.74 Å². The molecule has 1 aromatic rings. The normalized spacial score (nSPS) is 13.3. The van der Waals surface area contributed by atoms with Crippen LogP contribution in [0.25, 0.3) is 0 Å². The Morgan fingerprint density at radius 1 is 1.50 bits per heavy atom. The fourth-order valence-corrected chi connectivity index (χ4v) is 1.95. The molecule has 0 atom stereocenters. The van der Waals surface area contributed by atoms with E-state index in [-0.39, 0.29) is 5.78 Å². The summed E-state index contributed by atoms with van der Waals surface area (Å²) in [5.74, 6) is 0.976. The Morgan fingerprint density at radius 2 is 2.38 bits per heavy atom. The van der Waals surface area contributed by atoms with Crippen molar-refractivity contribution in [2.75, 3.05) is 19.7 Å².